The highest BCUT2D eigenvalue weighted by Crippen LogP contribution is 2.38. The van der Waals surface area contributed by atoms with Crippen LogP contribution in [0.5, 0.6) is 0 Å². The molecule has 0 aromatic heterocycles. The average molecular weight is 161 g/mol. The molecule has 3 fully saturated rings. The summed E-state index contributed by atoms with van der Waals surface area (Å²) in [6.07, 6.45) is 5.96. The zero-order valence-corrected chi connectivity index (χ0v) is 6.82. The Labute approximate surface area is 67.6 Å². The lowest BCUT2D eigenvalue weighted by atomic mass is 9.70. The number of rotatable bonds is 0. The Balaban J connectivity index is 0.000000500. The van der Waals surface area contributed by atoms with Crippen LogP contribution in [0.2, 0.25) is 0 Å². The predicted octanol–water partition coefficient (Wildman–Crippen LogP) is 2.19. The molecule has 2 heteroatoms. The van der Waals surface area contributed by atoms with Crippen LogP contribution in [0.4, 0.5) is 0 Å². The van der Waals surface area contributed by atoms with E-state index in [9.17, 15) is 4.79 Å². The van der Waals surface area contributed by atoms with Crippen molar-refractivity contribution in [3.63, 3.8) is 0 Å². The second kappa shape index (κ2) is 2.91. The lowest BCUT2D eigenvalue weighted by Gasteiger charge is -2.34. The van der Waals surface area contributed by atoms with Crippen LogP contribution < -0.4 is 0 Å². The van der Waals surface area contributed by atoms with E-state index in [1.807, 2.05) is 0 Å². The summed E-state index contributed by atoms with van der Waals surface area (Å²) < 4.78 is 0. The molecular formula is C8H13ClO. The molecule has 0 aliphatic heterocycles. The Bertz CT molecular complexity index is 136. The number of ketones is 1. The summed E-state index contributed by atoms with van der Waals surface area (Å²) >= 11 is 0. The highest BCUT2D eigenvalue weighted by molar-refractivity contribution is 5.85. The Kier molecular flexibility index (Phi) is 2.35. The van der Waals surface area contributed by atoms with Gasteiger partial charge in [-0.05, 0) is 31.6 Å². The third-order valence-electron chi connectivity index (χ3n) is 2.79. The summed E-state index contributed by atoms with van der Waals surface area (Å²) in [6.45, 7) is 0. The van der Waals surface area contributed by atoms with Crippen LogP contribution in [0.25, 0.3) is 0 Å². The third-order valence-corrected chi connectivity index (χ3v) is 2.79. The second-order valence-electron chi connectivity index (χ2n) is 3.39. The fourth-order valence-corrected chi connectivity index (χ4v) is 2.14. The van der Waals surface area contributed by atoms with Crippen LogP contribution in [0.3, 0.4) is 0 Å². The Morgan fingerprint density at radius 3 is 1.90 bits per heavy atom. The lowest BCUT2D eigenvalue weighted by Crippen LogP contribution is -2.30. The van der Waals surface area contributed by atoms with Crippen molar-refractivity contribution in [2.45, 2.75) is 32.1 Å². The van der Waals surface area contributed by atoms with E-state index in [4.69, 9.17) is 0 Å². The molecule has 0 spiro atoms. The van der Waals surface area contributed by atoms with E-state index in [1.54, 1.807) is 0 Å². The van der Waals surface area contributed by atoms with E-state index in [0.29, 0.717) is 11.7 Å². The molecule has 3 saturated carbocycles. The second-order valence-corrected chi connectivity index (χ2v) is 3.39. The Hall–Kier alpha value is -0.0400. The van der Waals surface area contributed by atoms with Crippen LogP contribution in [0, 0.1) is 11.8 Å². The van der Waals surface area contributed by atoms with Crippen LogP contribution in [0.15, 0.2) is 0 Å². The number of hydrogen-bond donors (Lipinski definition) is 0. The van der Waals surface area contributed by atoms with Crippen molar-refractivity contribution >= 4 is 18.2 Å². The van der Waals surface area contributed by atoms with Gasteiger partial charge in [-0.2, -0.15) is 0 Å². The van der Waals surface area contributed by atoms with Gasteiger partial charge in [0.25, 0.3) is 0 Å². The van der Waals surface area contributed by atoms with Gasteiger partial charge in [-0.3, -0.25) is 4.79 Å². The number of Topliss-reactive ketones (excluding diaryl/α,β-unsaturated/α-hetero) is 1. The van der Waals surface area contributed by atoms with Crippen molar-refractivity contribution in [2.75, 3.05) is 0 Å². The van der Waals surface area contributed by atoms with Gasteiger partial charge in [0.2, 0.25) is 0 Å². The quantitative estimate of drug-likeness (QED) is 0.531. The standard InChI is InChI=1S/C8H12O.ClH/c9-8-5-6-1-3-7(8)4-2-6;/h6-7H,1-5H2;1H. The van der Waals surface area contributed by atoms with Crippen molar-refractivity contribution in [1.29, 1.82) is 0 Å². The van der Waals surface area contributed by atoms with Crippen molar-refractivity contribution in [3.8, 4) is 0 Å². The topological polar surface area (TPSA) is 17.1 Å². The summed E-state index contributed by atoms with van der Waals surface area (Å²) in [4.78, 5) is 11.1. The molecule has 0 aromatic rings. The smallest absolute Gasteiger partial charge is 0.136 e. The van der Waals surface area contributed by atoms with Crippen LogP contribution in [0.1, 0.15) is 32.1 Å². The number of fused-ring (bicyclic) bond motifs is 3. The van der Waals surface area contributed by atoms with Crippen LogP contribution in [-0.4, -0.2) is 5.78 Å². The van der Waals surface area contributed by atoms with Crippen molar-refractivity contribution in [1.82, 2.24) is 0 Å². The van der Waals surface area contributed by atoms with Crippen molar-refractivity contribution in [3.05, 3.63) is 0 Å². The molecule has 3 rings (SSSR count). The van der Waals surface area contributed by atoms with E-state index in [1.165, 1.54) is 25.7 Å². The van der Waals surface area contributed by atoms with Gasteiger partial charge in [0.1, 0.15) is 5.78 Å². The molecule has 3 aliphatic rings. The largest absolute Gasteiger partial charge is 0.299 e. The first-order valence-corrected chi connectivity index (χ1v) is 3.89. The molecule has 3 aliphatic carbocycles. The van der Waals surface area contributed by atoms with Crippen LogP contribution in [-0.2, 0) is 4.79 Å². The summed E-state index contributed by atoms with van der Waals surface area (Å²) in [5.41, 5.74) is 0. The third kappa shape index (κ3) is 1.20. The summed E-state index contributed by atoms with van der Waals surface area (Å²) in [7, 11) is 0. The fourth-order valence-electron chi connectivity index (χ4n) is 2.14. The molecule has 2 bridgehead atoms. The predicted molar refractivity (Wildman–Crippen MR) is 42.3 cm³/mol. The minimum absolute atomic E-state index is 0. The van der Waals surface area contributed by atoms with E-state index >= 15 is 0 Å². The molecule has 1 nitrogen and oxygen atoms in total. The lowest BCUT2D eigenvalue weighted by molar-refractivity contribution is -0.128. The Morgan fingerprint density at radius 2 is 1.70 bits per heavy atom. The van der Waals surface area contributed by atoms with Gasteiger partial charge in [-0.25, -0.2) is 0 Å². The maximum atomic E-state index is 11.1. The minimum atomic E-state index is 0. The molecule has 0 radical (unpaired) electrons. The maximum Gasteiger partial charge on any atom is 0.136 e. The molecular weight excluding hydrogens is 148 g/mol. The summed E-state index contributed by atoms with van der Waals surface area (Å²) in [5.74, 6) is 1.81. The van der Waals surface area contributed by atoms with Gasteiger partial charge in [-0.1, -0.05) is 0 Å². The molecule has 0 saturated heterocycles. The Morgan fingerprint density at radius 1 is 1.10 bits per heavy atom. The average Bonchev–Trinajstić information content (AvgIpc) is 1.90. The zero-order valence-electron chi connectivity index (χ0n) is 6.01. The summed E-state index contributed by atoms with van der Waals surface area (Å²) in [6, 6.07) is 0. The summed E-state index contributed by atoms with van der Waals surface area (Å²) in [5, 5.41) is 0. The normalized spacial score (nSPS) is 37.4. The van der Waals surface area contributed by atoms with Gasteiger partial charge in [-0.15, -0.1) is 12.4 Å². The van der Waals surface area contributed by atoms with Gasteiger partial charge in [0.15, 0.2) is 0 Å². The van der Waals surface area contributed by atoms with Crippen molar-refractivity contribution in [2.24, 2.45) is 11.8 Å². The maximum absolute atomic E-state index is 11.1. The van der Waals surface area contributed by atoms with Gasteiger partial charge in [0.05, 0.1) is 0 Å². The molecule has 10 heavy (non-hydrogen) atoms. The first-order chi connectivity index (χ1) is 4.36. The van der Waals surface area contributed by atoms with E-state index in [-0.39, 0.29) is 12.4 Å². The van der Waals surface area contributed by atoms with Gasteiger partial charge in [0, 0.05) is 12.3 Å². The number of carbonyl (C=O) groups is 1. The van der Waals surface area contributed by atoms with Crippen molar-refractivity contribution < 1.29 is 4.79 Å². The highest BCUT2D eigenvalue weighted by atomic mass is 35.5. The van der Waals surface area contributed by atoms with E-state index < -0.39 is 0 Å². The van der Waals surface area contributed by atoms with Gasteiger partial charge < -0.3 is 0 Å². The first kappa shape index (κ1) is 8.06. The van der Waals surface area contributed by atoms with Crippen LogP contribution >= 0.6 is 12.4 Å². The zero-order chi connectivity index (χ0) is 6.27. The van der Waals surface area contributed by atoms with E-state index in [2.05, 4.69) is 0 Å². The molecule has 0 amide bonds. The molecule has 0 atom stereocenters. The highest BCUT2D eigenvalue weighted by Gasteiger charge is 2.33. The molecule has 0 aromatic carbocycles. The molecule has 0 N–H and O–H groups in total. The molecule has 0 unspecified atom stereocenters. The number of carbonyl (C=O) groups excluding carboxylic acids is 1. The molecule has 0 heterocycles. The monoisotopic (exact) mass is 160 g/mol. The fraction of sp³-hybridized carbons (Fsp3) is 0.875. The molecule has 58 valence electrons. The minimum Gasteiger partial charge on any atom is -0.299 e. The number of hydrogen-bond acceptors (Lipinski definition) is 1. The number of halogens is 1. The van der Waals surface area contributed by atoms with Gasteiger partial charge >= 0.3 is 0 Å². The SMILES string of the molecule is Cl.O=C1CC2CCC1CC2. The van der Waals surface area contributed by atoms with E-state index in [0.717, 1.165) is 12.3 Å². The first-order valence-electron chi connectivity index (χ1n) is 3.89.